The van der Waals surface area contributed by atoms with Crippen molar-refractivity contribution < 1.29 is 13.7 Å². The van der Waals surface area contributed by atoms with Gasteiger partial charge in [-0.25, -0.2) is 0 Å². The van der Waals surface area contributed by atoms with Crippen LogP contribution in [0.5, 0.6) is 0 Å². The molecule has 0 fully saturated rings. The number of rotatable bonds is 1. The van der Waals surface area contributed by atoms with Gasteiger partial charge in [0, 0.05) is 6.07 Å². The van der Waals surface area contributed by atoms with Gasteiger partial charge in [-0.1, -0.05) is 0 Å². The van der Waals surface area contributed by atoms with Gasteiger partial charge >= 0.3 is 5.69 Å². The van der Waals surface area contributed by atoms with Gasteiger partial charge in [0.15, 0.2) is 0 Å². The third-order valence-electron chi connectivity index (χ3n) is 1.06. The lowest BCUT2D eigenvalue weighted by Crippen LogP contribution is -1.97. The molecule has 0 N–H and O–H groups in total. The number of aromatic nitrogens is 1. The molecular formula is C5HBrF2N2O2. The van der Waals surface area contributed by atoms with Gasteiger partial charge in [-0.3, -0.25) is 10.1 Å². The maximum atomic E-state index is 12.5. The summed E-state index contributed by atoms with van der Waals surface area (Å²) in [6.45, 7) is 0. The zero-order valence-electron chi connectivity index (χ0n) is 5.42. The first-order valence-corrected chi connectivity index (χ1v) is 3.47. The molecule has 0 saturated heterocycles. The number of nitrogens with zero attached hydrogens (tertiary/aromatic N) is 2. The molecule has 0 radical (unpaired) electrons. The average molecular weight is 239 g/mol. The molecule has 0 saturated carbocycles. The fraction of sp³-hybridized carbons (Fsp3) is 0. The second kappa shape index (κ2) is 3.10. The minimum Gasteiger partial charge on any atom is -0.258 e. The van der Waals surface area contributed by atoms with E-state index >= 15 is 0 Å². The molecule has 0 unspecified atom stereocenters. The highest BCUT2D eigenvalue weighted by Gasteiger charge is 2.18. The molecule has 0 aliphatic rings. The first-order chi connectivity index (χ1) is 5.52. The van der Waals surface area contributed by atoms with Crippen LogP contribution in [0.2, 0.25) is 0 Å². The van der Waals surface area contributed by atoms with Crippen LogP contribution in [0.3, 0.4) is 0 Å². The van der Waals surface area contributed by atoms with E-state index in [9.17, 15) is 18.9 Å². The maximum Gasteiger partial charge on any atom is 0.325 e. The van der Waals surface area contributed by atoms with Crippen molar-refractivity contribution in [2.75, 3.05) is 0 Å². The molecule has 0 aliphatic heterocycles. The lowest BCUT2D eigenvalue weighted by molar-refractivity contribution is -0.388. The van der Waals surface area contributed by atoms with E-state index < -0.39 is 22.5 Å². The Balaban J connectivity index is 3.33. The van der Waals surface area contributed by atoms with Crippen molar-refractivity contribution in [1.82, 2.24) is 4.98 Å². The lowest BCUT2D eigenvalue weighted by atomic mass is 10.4. The molecule has 0 amide bonds. The predicted octanol–water partition coefficient (Wildman–Crippen LogP) is 2.03. The summed E-state index contributed by atoms with van der Waals surface area (Å²) in [6.07, 6.45) is 0. The highest BCUT2D eigenvalue weighted by molar-refractivity contribution is 9.10. The third-order valence-corrected chi connectivity index (χ3v) is 1.62. The van der Waals surface area contributed by atoms with E-state index in [2.05, 4.69) is 20.9 Å². The topological polar surface area (TPSA) is 56.0 Å². The van der Waals surface area contributed by atoms with Crippen LogP contribution in [-0.2, 0) is 0 Å². The van der Waals surface area contributed by atoms with Crippen molar-refractivity contribution in [1.29, 1.82) is 0 Å². The molecule has 12 heavy (non-hydrogen) atoms. The highest BCUT2D eigenvalue weighted by atomic mass is 79.9. The smallest absolute Gasteiger partial charge is 0.258 e. The van der Waals surface area contributed by atoms with E-state index in [-0.39, 0.29) is 4.47 Å². The monoisotopic (exact) mass is 238 g/mol. The van der Waals surface area contributed by atoms with Gasteiger partial charge in [-0.15, -0.1) is 0 Å². The lowest BCUT2D eigenvalue weighted by Gasteiger charge is -1.94. The number of hydrogen-bond donors (Lipinski definition) is 0. The molecule has 1 heterocycles. The van der Waals surface area contributed by atoms with Gasteiger partial charge in [-0.2, -0.15) is 13.8 Å². The van der Waals surface area contributed by atoms with Crippen LogP contribution in [0.15, 0.2) is 10.5 Å². The molecule has 0 atom stereocenters. The summed E-state index contributed by atoms with van der Waals surface area (Å²) in [5, 5.41) is 10.1. The van der Waals surface area contributed by atoms with Crippen molar-refractivity contribution in [3.63, 3.8) is 0 Å². The number of hydrogen-bond acceptors (Lipinski definition) is 3. The molecule has 0 bridgehead atoms. The SMILES string of the molecule is O=[N+]([O-])c1cc(Br)c(F)nc1F. The van der Waals surface area contributed by atoms with E-state index in [0.29, 0.717) is 0 Å². The van der Waals surface area contributed by atoms with Gasteiger partial charge < -0.3 is 0 Å². The summed E-state index contributed by atoms with van der Waals surface area (Å²) in [5.74, 6) is -2.54. The Labute approximate surface area is 73.5 Å². The maximum absolute atomic E-state index is 12.5. The molecule has 1 rings (SSSR count). The van der Waals surface area contributed by atoms with Gasteiger partial charge in [0.1, 0.15) is 0 Å². The molecule has 0 aliphatic carbocycles. The van der Waals surface area contributed by atoms with E-state index in [4.69, 9.17) is 0 Å². The van der Waals surface area contributed by atoms with Crippen LogP contribution in [0, 0.1) is 22.0 Å². The Morgan fingerprint density at radius 2 is 2.08 bits per heavy atom. The molecule has 64 valence electrons. The van der Waals surface area contributed by atoms with Crippen molar-refractivity contribution in [3.8, 4) is 0 Å². The summed E-state index contributed by atoms with van der Waals surface area (Å²) in [5.41, 5.74) is -0.858. The van der Waals surface area contributed by atoms with Crippen LogP contribution >= 0.6 is 15.9 Å². The summed E-state index contributed by atoms with van der Waals surface area (Å²) in [4.78, 5) is 11.8. The molecule has 0 spiro atoms. The molecule has 1 aromatic heterocycles. The Kier molecular flexibility index (Phi) is 2.32. The van der Waals surface area contributed by atoms with Crippen molar-refractivity contribution in [2.45, 2.75) is 0 Å². The minimum absolute atomic E-state index is 0.240. The quantitative estimate of drug-likeness (QED) is 0.428. The van der Waals surface area contributed by atoms with Gasteiger partial charge in [-0.05, 0) is 15.9 Å². The largest absolute Gasteiger partial charge is 0.325 e. The fourth-order valence-corrected chi connectivity index (χ4v) is 0.870. The van der Waals surface area contributed by atoms with E-state index in [1.165, 1.54) is 0 Å². The number of pyridine rings is 1. The van der Waals surface area contributed by atoms with Crippen LogP contribution in [0.4, 0.5) is 14.5 Å². The van der Waals surface area contributed by atoms with Crippen molar-refractivity contribution >= 4 is 21.6 Å². The summed E-state index contributed by atoms with van der Waals surface area (Å²) < 4.78 is 24.6. The van der Waals surface area contributed by atoms with Crippen LogP contribution in [0.1, 0.15) is 0 Å². The molecule has 4 nitrogen and oxygen atoms in total. The standard InChI is InChI=1S/C5HBrF2N2O2/c6-2-1-3(10(11)12)5(8)9-4(2)7/h1H. The third kappa shape index (κ3) is 1.55. The van der Waals surface area contributed by atoms with E-state index in [0.717, 1.165) is 6.07 Å². The van der Waals surface area contributed by atoms with Crippen LogP contribution < -0.4 is 0 Å². The summed E-state index contributed by atoms with van der Waals surface area (Å²) in [6, 6.07) is 0.720. The second-order valence-corrected chi connectivity index (χ2v) is 2.68. The summed E-state index contributed by atoms with van der Waals surface area (Å²) in [7, 11) is 0. The average Bonchev–Trinajstić information content (AvgIpc) is 1.96. The minimum atomic E-state index is -1.43. The Bertz CT molecular complexity index is 344. The van der Waals surface area contributed by atoms with Crippen LogP contribution in [-0.4, -0.2) is 9.91 Å². The normalized spacial score (nSPS) is 9.92. The Morgan fingerprint density at radius 1 is 1.50 bits per heavy atom. The van der Waals surface area contributed by atoms with Gasteiger partial charge in [0.05, 0.1) is 9.40 Å². The van der Waals surface area contributed by atoms with E-state index in [1.54, 1.807) is 0 Å². The molecule has 1 aromatic rings. The zero-order valence-corrected chi connectivity index (χ0v) is 7.01. The van der Waals surface area contributed by atoms with Gasteiger partial charge in [0.25, 0.3) is 5.95 Å². The van der Waals surface area contributed by atoms with Crippen molar-refractivity contribution in [2.24, 2.45) is 0 Å². The number of halogens is 3. The first kappa shape index (κ1) is 8.98. The van der Waals surface area contributed by atoms with E-state index in [1.807, 2.05) is 0 Å². The Hall–Kier alpha value is -1.11. The summed E-state index contributed by atoms with van der Waals surface area (Å²) >= 11 is 2.64. The predicted molar refractivity (Wildman–Crippen MR) is 38.5 cm³/mol. The molecule has 7 heteroatoms. The highest BCUT2D eigenvalue weighted by Crippen LogP contribution is 2.22. The van der Waals surface area contributed by atoms with Crippen LogP contribution in [0.25, 0.3) is 0 Å². The fourth-order valence-electron chi connectivity index (χ4n) is 0.564. The zero-order chi connectivity index (χ0) is 9.30. The number of nitro groups is 1. The molecular weight excluding hydrogens is 238 g/mol. The van der Waals surface area contributed by atoms with Crippen molar-refractivity contribution in [3.05, 3.63) is 32.5 Å². The first-order valence-electron chi connectivity index (χ1n) is 2.68. The second-order valence-electron chi connectivity index (χ2n) is 1.83. The van der Waals surface area contributed by atoms with Gasteiger partial charge in [0.2, 0.25) is 5.95 Å². The molecule has 0 aromatic carbocycles. The Morgan fingerprint density at radius 3 is 2.58 bits per heavy atom.